The standard InChI is InChI=1S/C12H13N5O/c1-9-3-2-4-10(7-9)17-15-11(8-13)12(16-17)14-5-6-18/h2-4,7,18H,5-6H2,1H3,(H,14,16). The Balaban J connectivity index is 2.35. The first-order chi connectivity index (χ1) is 8.74. The van der Waals surface area contributed by atoms with Crippen molar-refractivity contribution >= 4 is 5.82 Å². The number of hydrogen-bond donors (Lipinski definition) is 2. The van der Waals surface area contributed by atoms with E-state index in [0.29, 0.717) is 12.4 Å². The molecule has 1 aromatic carbocycles. The van der Waals surface area contributed by atoms with Crippen LogP contribution in [-0.4, -0.2) is 33.3 Å². The number of aromatic nitrogens is 3. The summed E-state index contributed by atoms with van der Waals surface area (Å²) in [7, 11) is 0. The van der Waals surface area contributed by atoms with Crippen molar-refractivity contribution in [1.82, 2.24) is 15.0 Å². The number of hydrogen-bond acceptors (Lipinski definition) is 5. The fourth-order valence-corrected chi connectivity index (χ4v) is 1.54. The van der Waals surface area contributed by atoms with Crippen molar-refractivity contribution in [3.05, 3.63) is 35.5 Å². The van der Waals surface area contributed by atoms with Crippen LogP contribution in [0, 0.1) is 18.3 Å². The maximum atomic E-state index is 8.96. The van der Waals surface area contributed by atoms with Gasteiger partial charge in [0, 0.05) is 6.54 Å². The van der Waals surface area contributed by atoms with Crippen LogP contribution in [0.15, 0.2) is 24.3 Å². The monoisotopic (exact) mass is 243 g/mol. The van der Waals surface area contributed by atoms with E-state index in [0.717, 1.165) is 11.3 Å². The number of benzene rings is 1. The molecule has 0 unspecified atom stereocenters. The predicted molar refractivity (Wildman–Crippen MR) is 66.4 cm³/mol. The molecule has 92 valence electrons. The van der Waals surface area contributed by atoms with Gasteiger partial charge in [0.1, 0.15) is 6.07 Å². The van der Waals surface area contributed by atoms with E-state index >= 15 is 0 Å². The molecule has 2 rings (SSSR count). The van der Waals surface area contributed by atoms with Gasteiger partial charge in [-0.25, -0.2) is 0 Å². The Morgan fingerprint density at radius 2 is 2.28 bits per heavy atom. The van der Waals surface area contributed by atoms with Gasteiger partial charge in [0.15, 0.2) is 5.82 Å². The van der Waals surface area contributed by atoms with E-state index in [1.54, 1.807) is 0 Å². The molecular weight excluding hydrogens is 230 g/mol. The van der Waals surface area contributed by atoms with Gasteiger partial charge < -0.3 is 10.4 Å². The Morgan fingerprint density at radius 1 is 1.44 bits per heavy atom. The van der Waals surface area contributed by atoms with Crippen LogP contribution in [-0.2, 0) is 0 Å². The third-order valence-electron chi connectivity index (χ3n) is 2.36. The number of anilines is 1. The highest BCUT2D eigenvalue weighted by Gasteiger charge is 2.10. The molecule has 0 saturated carbocycles. The zero-order valence-electron chi connectivity index (χ0n) is 9.96. The molecule has 0 fully saturated rings. The zero-order chi connectivity index (χ0) is 13.0. The summed E-state index contributed by atoms with van der Waals surface area (Å²) in [6.07, 6.45) is 0. The normalized spacial score (nSPS) is 10.1. The average Bonchev–Trinajstić information content (AvgIpc) is 2.79. The van der Waals surface area contributed by atoms with Crippen LogP contribution in [0.5, 0.6) is 0 Å². The van der Waals surface area contributed by atoms with Crippen molar-refractivity contribution in [3.63, 3.8) is 0 Å². The Labute approximate surface area is 104 Å². The Bertz CT molecular complexity index is 584. The highest BCUT2D eigenvalue weighted by Crippen LogP contribution is 2.13. The van der Waals surface area contributed by atoms with Crippen molar-refractivity contribution in [2.75, 3.05) is 18.5 Å². The second kappa shape index (κ2) is 5.29. The summed E-state index contributed by atoms with van der Waals surface area (Å²) >= 11 is 0. The minimum absolute atomic E-state index is 0.0256. The molecule has 0 amide bonds. The van der Waals surface area contributed by atoms with Crippen LogP contribution < -0.4 is 5.32 Å². The zero-order valence-corrected chi connectivity index (χ0v) is 9.96. The molecule has 6 nitrogen and oxygen atoms in total. The summed E-state index contributed by atoms with van der Waals surface area (Å²) in [6, 6.07) is 9.64. The van der Waals surface area contributed by atoms with Crippen molar-refractivity contribution in [2.24, 2.45) is 0 Å². The molecule has 0 radical (unpaired) electrons. The van der Waals surface area contributed by atoms with Gasteiger partial charge in [0.2, 0.25) is 5.69 Å². The molecule has 6 heteroatoms. The summed E-state index contributed by atoms with van der Waals surface area (Å²) in [4.78, 5) is 1.41. The first kappa shape index (κ1) is 12.1. The van der Waals surface area contributed by atoms with Crippen LogP contribution in [0.2, 0.25) is 0 Å². The van der Waals surface area contributed by atoms with Gasteiger partial charge in [0.05, 0.1) is 12.3 Å². The smallest absolute Gasteiger partial charge is 0.207 e. The lowest BCUT2D eigenvalue weighted by molar-refractivity contribution is 0.311. The number of nitrogens with zero attached hydrogens (tertiary/aromatic N) is 4. The van der Waals surface area contributed by atoms with E-state index in [9.17, 15) is 0 Å². The van der Waals surface area contributed by atoms with Crippen LogP contribution >= 0.6 is 0 Å². The third-order valence-corrected chi connectivity index (χ3v) is 2.36. The quantitative estimate of drug-likeness (QED) is 0.831. The number of aliphatic hydroxyl groups is 1. The second-order valence-corrected chi connectivity index (χ2v) is 3.79. The molecule has 0 aliphatic carbocycles. The van der Waals surface area contributed by atoms with Crippen LogP contribution in [0.3, 0.4) is 0 Å². The van der Waals surface area contributed by atoms with Gasteiger partial charge in [-0.3, -0.25) is 0 Å². The largest absolute Gasteiger partial charge is 0.395 e. The van der Waals surface area contributed by atoms with Gasteiger partial charge in [-0.15, -0.1) is 15.0 Å². The molecular formula is C12H13N5O. The van der Waals surface area contributed by atoms with E-state index in [2.05, 4.69) is 15.5 Å². The fraction of sp³-hybridized carbons (Fsp3) is 0.250. The first-order valence-electron chi connectivity index (χ1n) is 5.54. The summed E-state index contributed by atoms with van der Waals surface area (Å²) in [5, 5.41) is 28.9. The molecule has 0 bridgehead atoms. The summed E-state index contributed by atoms with van der Waals surface area (Å²) in [5.74, 6) is 0.382. The molecule has 0 aliphatic rings. The molecule has 0 saturated heterocycles. The molecule has 1 heterocycles. The SMILES string of the molecule is Cc1cccc(-n2nc(C#N)c(NCCO)n2)c1. The molecule has 0 spiro atoms. The van der Waals surface area contributed by atoms with E-state index in [1.165, 1.54) is 4.80 Å². The number of aryl methyl sites for hydroxylation is 1. The minimum Gasteiger partial charge on any atom is -0.395 e. The predicted octanol–water partition coefficient (Wildman–Crippen LogP) is 0.852. The van der Waals surface area contributed by atoms with Crippen LogP contribution in [0.25, 0.3) is 5.69 Å². The topological polar surface area (TPSA) is 86.8 Å². The molecule has 0 atom stereocenters. The minimum atomic E-state index is -0.0256. The lowest BCUT2D eigenvalue weighted by atomic mass is 10.2. The number of rotatable bonds is 4. The van der Waals surface area contributed by atoms with E-state index in [1.807, 2.05) is 37.3 Å². The summed E-state index contributed by atoms with van der Waals surface area (Å²) < 4.78 is 0. The van der Waals surface area contributed by atoms with Crippen molar-refractivity contribution in [2.45, 2.75) is 6.92 Å². The van der Waals surface area contributed by atoms with Crippen LogP contribution in [0.4, 0.5) is 5.82 Å². The molecule has 2 N–H and O–H groups in total. The third kappa shape index (κ3) is 2.47. The number of aliphatic hydroxyl groups excluding tert-OH is 1. The van der Waals surface area contributed by atoms with Crippen molar-refractivity contribution < 1.29 is 5.11 Å². The highest BCUT2D eigenvalue weighted by atomic mass is 16.3. The summed E-state index contributed by atoms with van der Waals surface area (Å²) in [6.45, 7) is 2.28. The molecule has 1 aromatic heterocycles. The maximum absolute atomic E-state index is 8.96. The lowest BCUT2D eigenvalue weighted by Gasteiger charge is -2.00. The first-order valence-corrected chi connectivity index (χ1v) is 5.54. The van der Waals surface area contributed by atoms with Crippen LogP contribution in [0.1, 0.15) is 11.3 Å². The van der Waals surface area contributed by atoms with E-state index in [-0.39, 0.29) is 12.3 Å². The molecule has 18 heavy (non-hydrogen) atoms. The molecule has 0 aliphatic heterocycles. The van der Waals surface area contributed by atoms with Gasteiger partial charge >= 0.3 is 0 Å². The van der Waals surface area contributed by atoms with Gasteiger partial charge in [-0.05, 0) is 24.6 Å². The van der Waals surface area contributed by atoms with Gasteiger partial charge in [-0.1, -0.05) is 12.1 Å². The second-order valence-electron chi connectivity index (χ2n) is 3.79. The fourth-order valence-electron chi connectivity index (χ4n) is 1.54. The van der Waals surface area contributed by atoms with E-state index < -0.39 is 0 Å². The highest BCUT2D eigenvalue weighted by molar-refractivity contribution is 5.47. The van der Waals surface area contributed by atoms with Crippen molar-refractivity contribution in [1.29, 1.82) is 5.26 Å². The average molecular weight is 243 g/mol. The van der Waals surface area contributed by atoms with Gasteiger partial charge in [0.25, 0.3) is 0 Å². The summed E-state index contributed by atoms with van der Waals surface area (Å²) in [5.41, 5.74) is 2.10. The molecule has 2 aromatic rings. The Kier molecular flexibility index (Phi) is 3.55. The number of nitriles is 1. The Morgan fingerprint density at radius 3 is 2.94 bits per heavy atom. The van der Waals surface area contributed by atoms with Gasteiger partial charge in [-0.2, -0.15) is 5.26 Å². The maximum Gasteiger partial charge on any atom is 0.207 e. The van der Waals surface area contributed by atoms with E-state index in [4.69, 9.17) is 10.4 Å². The lowest BCUT2D eigenvalue weighted by Crippen LogP contribution is -2.07. The Hall–Kier alpha value is -2.39. The van der Waals surface area contributed by atoms with Crippen molar-refractivity contribution in [3.8, 4) is 11.8 Å². The number of nitrogens with one attached hydrogen (secondary N) is 1.